The predicted molar refractivity (Wildman–Crippen MR) is 155 cm³/mol. The van der Waals surface area contributed by atoms with Crippen LogP contribution in [0.25, 0.3) is 11.1 Å². The van der Waals surface area contributed by atoms with Crippen molar-refractivity contribution in [3.8, 4) is 11.1 Å². The zero-order chi connectivity index (χ0) is 30.2. The first-order chi connectivity index (χ1) is 20.2. The Morgan fingerprint density at radius 1 is 0.690 bits per heavy atom. The summed E-state index contributed by atoms with van der Waals surface area (Å²) in [5.74, 6) is -0.723. The van der Waals surface area contributed by atoms with Crippen LogP contribution in [0.5, 0.6) is 0 Å². The molecule has 0 aromatic heterocycles. The van der Waals surface area contributed by atoms with Crippen molar-refractivity contribution in [2.45, 2.75) is 32.3 Å². The van der Waals surface area contributed by atoms with Gasteiger partial charge in [0.05, 0.1) is 39.6 Å². The summed E-state index contributed by atoms with van der Waals surface area (Å²) in [6.07, 6.45) is -0.483. The molecule has 0 saturated heterocycles. The molecule has 0 radical (unpaired) electrons. The molecule has 11 heteroatoms. The van der Waals surface area contributed by atoms with Crippen LogP contribution in [0.1, 0.15) is 37.8 Å². The number of amides is 2. The molecule has 0 spiro atoms. The smallest absolute Gasteiger partial charge is 0.407 e. The molecule has 1 aliphatic carbocycles. The first-order valence-electron chi connectivity index (χ1n) is 14.1. The van der Waals surface area contributed by atoms with E-state index in [4.69, 9.17) is 28.4 Å². The third kappa shape index (κ3) is 11.8. The molecule has 0 aliphatic heterocycles. The number of alkyl carbamates (subject to hydrolysis) is 1. The molecule has 230 valence electrons. The van der Waals surface area contributed by atoms with E-state index in [1.165, 1.54) is 11.1 Å². The highest BCUT2D eigenvalue weighted by Gasteiger charge is 2.29. The fourth-order valence-electron chi connectivity index (χ4n) is 4.27. The lowest BCUT2D eigenvalue weighted by molar-refractivity contribution is -0.150. The van der Waals surface area contributed by atoms with Crippen LogP contribution >= 0.6 is 0 Å². The summed E-state index contributed by atoms with van der Waals surface area (Å²) < 4.78 is 32.0. The Kier molecular flexibility index (Phi) is 13.7. The number of benzene rings is 2. The Morgan fingerprint density at radius 3 is 1.81 bits per heavy atom. The lowest BCUT2D eigenvalue weighted by Gasteiger charge is -2.19. The molecule has 0 saturated carbocycles. The van der Waals surface area contributed by atoms with Gasteiger partial charge in [0.25, 0.3) is 0 Å². The Hall–Kier alpha value is -3.51. The predicted octanol–water partition coefficient (Wildman–Crippen LogP) is 3.05. The molecule has 0 unspecified atom stereocenters. The molecule has 42 heavy (non-hydrogen) atoms. The molecular formula is C31H42N2O9. The Labute approximate surface area is 247 Å². The number of nitrogens with one attached hydrogen (secondary N) is 2. The van der Waals surface area contributed by atoms with Gasteiger partial charge in [-0.1, -0.05) is 48.5 Å². The zero-order valence-corrected chi connectivity index (χ0v) is 24.6. The minimum absolute atomic E-state index is 0.00160. The van der Waals surface area contributed by atoms with Crippen molar-refractivity contribution in [3.63, 3.8) is 0 Å². The number of fused-ring (bicyclic) bond motifs is 3. The van der Waals surface area contributed by atoms with E-state index in [1.807, 2.05) is 24.3 Å². The van der Waals surface area contributed by atoms with Gasteiger partial charge in [-0.25, -0.2) is 9.59 Å². The highest BCUT2D eigenvalue weighted by molar-refractivity contribution is 5.79. The van der Waals surface area contributed by atoms with Crippen LogP contribution in [0, 0.1) is 0 Å². The second kappa shape index (κ2) is 17.4. The highest BCUT2D eigenvalue weighted by Crippen LogP contribution is 2.44. The number of carbonyl (C=O) groups is 3. The first kappa shape index (κ1) is 33.0. The van der Waals surface area contributed by atoms with Crippen LogP contribution in [0.4, 0.5) is 4.79 Å². The molecule has 3 rings (SSSR count). The summed E-state index contributed by atoms with van der Waals surface area (Å²) >= 11 is 0. The lowest BCUT2D eigenvalue weighted by Crippen LogP contribution is -2.34. The van der Waals surface area contributed by atoms with Crippen LogP contribution in [-0.4, -0.2) is 96.1 Å². The average molecular weight is 587 g/mol. The molecule has 0 atom stereocenters. The summed E-state index contributed by atoms with van der Waals surface area (Å²) in [5, 5.41) is 5.29. The second-order valence-corrected chi connectivity index (χ2v) is 10.5. The molecule has 0 bridgehead atoms. The Morgan fingerprint density at radius 2 is 1.21 bits per heavy atom. The van der Waals surface area contributed by atoms with Crippen LogP contribution in [0.3, 0.4) is 0 Å². The van der Waals surface area contributed by atoms with E-state index in [9.17, 15) is 14.4 Å². The van der Waals surface area contributed by atoms with E-state index >= 15 is 0 Å². The Balaban J connectivity index is 1.12. The van der Waals surface area contributed by atoms with Crippen molar-refractivity contribution in [1.82, 2.24) is 10.6 Å². The van der Waals surface area contributed by atoms with Gasteiger partial charge >= 0.3 is 12.1 Å². The monoisotopic (exact) mass is 586 g/mol. The van der Waals surface area contributed by atoms with E-state index in [2.05, 4.69) is 34.9 Å². The first-order valence-corrected chi connectivity index (χ1v) is 14.1. The Bertz CT molecular complexity index is 1100. The molecule has 0 fully saturated rings. The van der Waals surface area contributed by atoms with Crippen molar-refractivity contribution >= 4 is 18.0 Å². The fourth-order valence-corrected chi connectivity index (χ4v) is 4.27. The number of hydrogen-bond acceptors (Lipinski definition) is 9. The number of rotatable bonds is 18. The fraction of sp³-hybridized carbons (Fsp3) is 0.516. The van der Waals surface area contributed by atoms with Gasteiger partial charge < -0.3 is 39.1 Å². The van der Waals surface area contributed by atoms with Gasteiger partial charge in [0.2, 0.25) is 5.91 Å². The maximum Gasteiger partial charge on any atom is 0.407 e. The van der Waals surface area contributed by atoms with Crippen LogP contribution < -0.4 is 10.6 Å². The summed E-state index contributed by atoms with van der Waals surface area (Å²) in [4.78, 5) is 35.5. The van der Waals surface area contributed by atoms with Gasteiger partial charge in [-0.3, -0.25) is 4.79 Å². The highest BCUT2D eigenvalue weighted by atomic mass is 16.6. The second-order valence-electron chi connectivity index (χ2n) is 10.5. The molecule has 1 aliphatic rings. The minimum Gasteiger partial charge on any atom is -0.463 e. The lowest BCUT2D eigenvalue weighted by atomic mass is 9.98. The standard InChI is InChI=1S/C31H42N2O9/c1-31(2,3)42-30(36)33-13-15-38-17-16-37-14-12-32-28(34)21-39-18-19-40-22-29(35)41-20-27-25-10-6-4-8-23(25)24-9-5-7-11-26(24)27/h4-11,27H,12-22H2,1-3H3,(H,32,34)(H,33,36). The van der Waals surface area contributed by atoms with Gasteiger partial charge in [-0.15, -0.1) is 0 Å². The van der Waals surface area contributed by atoms with Gasteiger partial charge in [0.1, 0.15) is 25.4 Å². The SMILES string of the molecule is CC(C)(C)OC(=O)NCCOCCOCCNC(=O)COCCOCC(=O)OCC1c2ccccc2-c2ccccc21. The van der Waals surface area contributed by atoms with Crippen molar-refractivity contribution < 1.29 is 42.8 Å². The number of hydrogen-bond donors (Lipinski definition) is 2. The molecule has 0 heterocycles. The average Bonchev–Trinajstić information content (AvgIpc) is 3.27. The largest absolute Gasteiger partial charge is 0.463 e. The van der Waals surface area contributed by atoms with Crippen molar-refractivity contribution in [3.05, 3.63) is 59.7 Å². The molecule has 11 nitrogen and oxygen atoms in total. The van der Waals surface area contributed by atoms with Crippen molar-refractivity contribution in [2.24, 2.45) is 0 Å². The molecule has 2 aromatic carbocycles. The van der Waals surface area contributed by atoms with Crippen LogP contribution in [-0.2, 0) is 38.0 Å². The third-order valence-electron chi connectivity index (χ3n) is 6.05. The van der Waals surface area contributed by atoms with Gasteiger partial charge in [0, 0.05) is 19.0 Å². The number of carbonyl (C=O) groups excluding carboxylic acids is 3. The summed E-state index contributed by atoms with van der Waals surface area (Å²) in [6.45, 7) is 7.72. The molecular weight excluding hydrogens is 544 g/mol. The van der Waals surface area contributed by atoms with Gasteiger partial charge in [-0.05, 0) is 43.0 Å². The summed E-state index contributed by atoms with van der Waals surface area (Å²) in [5.41, 5.74) is 4.12. The third-order valence-corrected chi connectivity index (χ3v) is 6.05. The number of ether oxygens (including phenoxy) is 6. The molecule has 2 amide bonds. The molecule has 2 N–H and O–H groups in total. The van der Waals surface area contributed by atoms with Crippen LogP contribution in [0.2, 0.25) is 0 Å². The topological polar surface area (TPSA) is 131 Å². The maximum absolute atomic E-state index is 12.2. The normalized spacial score (nSPS) is 12.4. The van der Waals surface area contributed by atoms with E-state index in [-0.39, 0.29) is 44.9 Å². The van der Waals surface area contributed by atoms with E-state index in [1.54, 1.807) is 20.8 Å². The van der Waals surface area contributed by atoms with Gasteiger partial charge in [-0.2, -0.15) is 0 Å². The van der Waals surface area contributed by atoms with Gasteiger partial charge in [0.15, 0.2) is 0 Å². The number of esters is 1. The van der Waals surface area contributed by atoms with Crippen molar-refractivity contribution in [1.29, 1.82) is 0 Å². The summed E-state index contributed by atoms with van der Waals surface area (Å²) in [6, 6.07) is 16.3. The maximum atomic E-state index is 12.2. The summed E-state index contributed by atoms with van der Waals surface area (Å²) in [7, 11) is 0. The zero-order valence-electron chi connectivity index (χ0n) is 24.6. The van der Waals surface area contributed by atoms with Crippen molar-refractivity contribution in [2.75, 3.05) is 72.6 Å². The quantitative estimate of drug-likeness (QED) is 0.200. The molecule has 2 aromatic rings. The minimum atomic E-state index is -0.537. The van der Waals surface area contributed by atoms with E-state index in [0.29, 0.717) is 39.5 Å². The van der Waals surface area contributed by atoms with E-state index < -0.39 is 17.7 Å². The van der Waals surface area contributed by atoms with E-state index in [0.717, 1.165) is 11.1 Å². The van der Waals surface area contributed by atoms with Crippen LogP contribution in [0.15, 0.2) is 48.5 Å².